The Kier molecular flexibility index (Phi) is 2.63. The zero-order valence-corrected chi connectivity index (χ0v) is 6.70. The Morgan fingerprint density at radius 1 is 1.27 bits per heavy atom. The fourth-order valence-corrected chi connectivity index (χ4v) is 0.979. The standard InChI is InChI=1S/C9H13NO/c1-7(10)9(11)8-5-3-2-4-6-8/h2-7,9,11H,10H2,1H3/p+1/t7-,9+/m1/s1. The van der Waals surface area contributed by atoms with Crippen molar-refractivity contribution < 1.29 is 10.8 Å². The van der Waals surface area contributed by atoms with E-state index in [4.69, 9.17) is 0 Å². The van der Waals surface area contributed by atoms with Gasteiger partial charge in [-0.3, -0.25) is 0 Å². The number of aliphatic hydroxyl groups is 1. The van der Waals surface area contributed by atoms with E-state index in [1.807, 2.05) is 37.3 Å². The molecule has 0 saturated heterocycles. The van der Waals surface area contributed by atoms with Crippen molar-refractivity contribution in [2.24, 2.45) is 0 Å². The van der Waals surface area contributed by atoms with Crippen molar-refractivity contribution in [3.63, 3.8) is 0 Å². The van der Waals surface area contributed by atoms with Gasteiger partial charge in [-0.15, -0.1) is 0 Å². The van der Waals surface area contributed by atoms with Gasteiger partial charge in [0.2, 0.25) is 0 Å². The molecule has 11 heavy (non-hydrogen) atoms. The maximum atomic E-state index is 9.54. The molecule has 2 heteroatoms. The van der Waals surface area contributed by atoms with Crippen LogP contribution in [0.2, 0.25) is 0 Å². The van der Waals surface area contributed by atoms with Crippen molar-refractivity contribution in [1.29, 1.82) is 0 Å². The number of benzene rings is 1. The van der Waals surface area contributed by atoms with E-state index in [-0.39, 0.29) is 6.04 Å². The molecule has 0 bridgehead atoms. The highest BCUT2D eigenvalue weighted by molar-refractivity contribution is 5.17. The summed E-state index contributed by atoms with van der Waals surface area (Å²) in [6, 6.07) is 9.63. The van der Waals surface area contributed by atoms with Crippen LogP contribution in [0.5, 0.6) is 0 Å². The minimum absolute atomic E-state index is 0.0393. The first-order valence-corrected chi connectivity index (χ1v) is 3.78. The third-order valence-corrected chi connectivity index (χ3v) is 1.68. The Morgan fingerprint density at radius 3 is 2.27 bits per heavy atom. The number of quaternary nitrogens is 1. The molecule has 2 nitrogen and oxygen atoms in total. The summed E-state index contributed by atoms with van der Waals surface area (Å²) >= 11 is 0. The minimum atomic E-state index is -0.434. The number of hydrogen-bond acceptors (Lipinski definition) is 1. The molecular weight excluding hydrogens is 138 g/mol. The van der Waals surface area contributed by atoms with Crippen LogP contribution in [0.1, 0.15) is 18.6 Å². The molecule has 1 aromatic carbocycles. The van der Waals surface area contributed by atoms with Gasteiger partial charge in [0, 0.05) is 0 Å². The van der Waals surface area contributed by atoms with Crippen molar-refractivity contribution in [1.82, 2.24) is 0 Å². The zero-order chi connectivity index (χ0) is 8.27. The Morgan fingerprint density at radius 2 is 1.82 bits per heavy atom. The summed E-state index contributed by atoms with van der Waals surface area (Å²) in [5.74, 6) is 0. The van der Waals surface area contributed by atoms with Gasteiger partial charge in [0.1, 0.15) is 12.1 Å². The lowest BCUT2D eigenvalue weighted by Gasteiger charge is -2.11. The SMILES string of the molecule is C[C@@H]([NH3+])[C@H](O)c1ccccc1. The van der Waals surface area contributed by atoms with Crippen molar-refractivity contribution in [3.05, 3.63) is 35.9 Å². The second kappa shape index (κ2) is 3.51. The summed E-state index contributed by atoms with van der Waals surface area (Å²) in [6.45, 7) is 1.90. The molecule has 0 heterocycles. The Labute approximate surface area is 66.7 Å². The first kappa shape index (κ1) is 8.24. The summed E-state index contributed by atoms with van der Waals surface area (Å²) in [5.41, 5.74) is 4.70. The summed E-state index contributed by atoms with van der Waals surface area (Å²) in [5, 5.41) is 9.54. The second-order valence-corrected chi connectivity index (χ2v) is 2.83. The van der Waals surface area contributed by atoms with Crippen LogP contribution in [0.15, 0.2) is 30.3 Å². The number of rotatable bonds is 2. The second-order valence-electron chi connectivity index (χ2n) is 2.83. The van der Waals surface area contributed by atoms with Gasteiger partial charge in [0.25, 0.3) is 0 Å². The Bertz CT molecular complexity index is 208. The highest BCUT2D eigenvalue weighted by Gasteiger charge is 2.13. The van der Waals surface area contributed by atoms with Gasteiger partial charge in [0.05, 0.1) is 0 Å². The van der Waals surface area contributed by atoms with Crippen LogP contribution >= 0.6 is 0 Å². The van der Waals surface area contributed by atoms with Gasteiger partial charge in [0.15, 0.2) is 0 Å². The Hall–Kier alpha value is -0.860. The largest absolute Gasteiger partial charge is 0.382 e. The zero-order valence-electron chi connectivity index (χ0n) is 6.70. The molecule has 0 spiro atoms. The van der Waals surface area contributed by atoms with Crippen LogP contribution in [0.4, 0.5) is 0 Å². The summed E-state index contributed by atoms with van der Waals surface area (Å²) < 4.78 is 0. The molecule has 2 atom stereocenters. The van der Waals surface area contributed by atoms with Crippen LogP contribution < -0.4 is 5.73 Å². The fourth-order valence-electron chi connectivity index (χ4n) is 0.979. The maximum absolute atomic E-state index is 9.54. The fraction of sp³-hybridized carbons (Fsp3) is 0.333. The highest BCUT2D eigenvalue weighted by atomic mass is 16.3. The molecule has 0 aliphatic rings. The van der Waals surface area contributed by atoms with E-state index in [0.29, 0.717) is 0 Å². The van der Waals surface area contributed by atoms with Crippen molar-refractivity contribution in [2.45, 2.75) is 19.1 Å². The smallest absolute Gasteiger partial charge is 0.130 e. The molecule has 0 saturated carbocycles. The number of hydrogen-bond donors (Lipinski definition) is 2. The van der Waals surface area contributed by atoms with E-state index in [2.05, 4.69) is 5.73 Å². The molecule has 0 amide bonds. The van der Waals surface area contributed by atoms with Crippen LogP contribution in [0, 0.1) is 0 Å². The molecule has 0 radical (unpaired) electrons. The maximum Gasteiger partial charge on any atom is 0.130 e. The van der Waals surface area contributed by atoms with Crippen LogP contribution in [0.3, 0.4) is 0 Å². The molecular formula is C9H14NO+. The average Bonchev–Trinajstić information content (AvgIpc) is 2.05. The molecule has 0 fully saturated rings. The van der Waals surface area contributed by atoms with Gasteiger partial charge in [-0.25, -0.2) is 0 Å². The van der Waals surface area contributed by atoms with Crippen molar-refractivity contribution in [2.75, 3.05) is 0 Å². The molecule has 0 aliphatic carbocycles. The lowest BCUT2D eigenvalue weighted by atomic mass is 10.0. The van der Waals surface area contributed by atoms with E-state index in [1.165, 1.54) is 0 Å². The predicted octanol–water partition coefficient (Wildman–Crippen LogP) is 0.350. The van der Waals surface area contributed by atoms with Gasteiger partial charge in [-0.1, -0.05) is 30.3 Å². The van der Waals surface area contributed by atoms with Crippen molar-refractivity contribution in [3.8, 4) is 0 Å². The Balaban J connectivity index is 2.77. The number of aliphatic hydroxyl groups excluding tert-OH is 1. The first-order chi connectivity index (χ1) is 5.22. The molecule has 0 unspecified atom stereocenters. The summed E-state index contributed by atoms with van der Waals surface area (Å²) in [4.78, 5) is 0. The van der Waals surface area contributed by atoms with Crippen LogP contribution in [-0.4, -0.2) is 11.1 Å². The van der Waals surface area contributed by atoms with E-state index in [0.717, 1.165) is 5.56 Å². The topological polar surface area (TPSA) is 47.9 Å². The molecule has 1 rings (SSSR count). The predicted molar refractivity (Wildman–Crippen MR) is 43.8 cm³/mol. The highest BCUT2D eigenvalue weighted by Crippen LogP contribution is 2.12. The molecule has 0 aliphatic heterocycles. The molecule has 60 valence electrons. The van der Waals surface area contributed by atoms with E-state index in [9.17, 15) is 5.11 Å². The van der Waals surface area contributed by atoms with Gasteiger partial charge >= 0.3 is 0 Å². The monoisotopic (exact) mass is 152 g/mol. The molecule has 1 aromatic rings. The molecule has 0 aromatic heterocycles. The van der Waals surface area contributed by atoms with E-state index in [1.54, 1.807) is 0 Å². The third kappa shape index (κ3) is 2.03. The lowest BCUT2D eigenvalue weighted by molar-refractivity contribution is -0.433. The van der Waals surface area contributed by atoms with Gasteiger partial charge in [-0.05, 0) is 12.5 Å². The molecule has 4 N–H and O–H groups in total. The van der Waals surface area contributed by atoms with Gasteiger partial charge in [-0.2, -0.15) is 0 Å². The van der Waals surface area contributed by atoms with E-state index >= 15 is 0 Å². The minimum Gasteiger partial charge on any atom is -0.382 e. The van der Waals surface area contributed by atoms with Crippen LogP contribution in [0.25, 0.3) is 0 Å². The normalized spacial score (nSPS) is 15.9. The quantitative estimate of drug-likeness (QED) is 0.631. The van der Waals surface area contributed by atoms with Crippen molar-refractivity contribution >= 4 is 0 Å². The average molecular weight is 152 g/mol. The summed E-state index contributed by atoms with van der Waals surface area (Å²) in [7, 11) is 0. The van der Waals surface area contributed by atoms with Crippen LogP contribution in [-0.2, 0) is 0 Å². The first-order valence-electron chi connectivity index (χ1n) is 3.78. The third-order valence-electron chi connectivity index (χ3n) is 1.68. The summed E-state index contributed by atoms with van der Waals surface area (Å²) in [6.07, 6.45) is -0.434. The van der Waals surface area contributed by atoms with E-state index < -0.39 is 6.10 Å². The van der Waals surface area contributed by atoms with Gasteiger partial charge < -0.3 is 10.8 Å². The lowest BCUT2D eigenvalue weighted by Crippen LogP contribution is -2.61.